The van der Waals surface area contributed by atoms with Crippen molar-refractivity contribution in [3.63, 3.8) is 0 Å². The zero-order valence-corrected chi connectivity index (χ0v) is 18.2. The fourth-order valence-corrected chi connectivity index (χ4v) is 4.05. The van der Waals surface area contributed by atoms with Crippen LogP contribution in [0.4, 0.5) is 0 Å². The third-order valence-electron chi connectivity index (χ3n) is 5.09. The molecule has 0 radical (unpaired) electrons. The number of hydrogen-bond acceptors (Lipinski definition) is 2. The number of hydrazone groups is 1. The van der Waals surface area contributed by atoms with Crippen LogP contribution in [0.3, 0.4) is 0 Å². The van der Waals surface area contributed by atoms with Crippen LogP contribution in [0.15, 0.2) is 72.8 Å². The largest absolute Gasteiger partial charge is 0.334 e. The lowest BCUT2D eigenvalue weighted by molar-refractivity contribution is -0.596. The van der Waals surface area contributed by atoms with E-state index in [0.717, 1.165) is 11.1 Å². The van der Waals surface area contributed by atoms with Gasteiger partial charge < -0.3 is 5.32 Å². The highest BCUT2D eigenvalue weighted by Gasteiger charge is 2.47. The van der Waals surface area contributed by atoms with Crippen molar-refractivity contribution in [2.45, 2.75) is 19.0 Å². The Kier molecular flexibility index (Phi) is 6.07. The average molecular weight is 453 g/mol. The van der Waals surface area contributed by atoms with E-state index < -0.39 is 12.1 Å². The third kappa shape index (κ3) is 4.63. The lowest BCUT2D eigenvalue weighted by Gasteiger charge is -2.15. The molecule has 3 aromatic carbocycles. The first-order valence-corrected chi connectivity index (χ1v) is 10.5. The van der Waals surface area contributed by atoms with E-state index in [-0.39, 0.29) is 11.8 Å². The van der Waals surface area contributed by atoms with E-state index in [1.54, 1.807) is 41.2 Å². The van der Waals surface area contributed by atoms with Gasteiger partial charge in [0.1, 0.15) is 0 Å². The standard InChI is InChI=1S/C24H19Cl2N3O2/c1-15-6-5-9-17(12-15)23(30)27-21-22(16-7-3-2-4-8-16)29(28-24(21)31)14-18-10-11-19(25)13-20(18)26/h2-14,21-22H,1H3,(H-,27,28,30,31)/p+1/b29-14-/t21-,22+/m0/s1. The zero-order chi connectivity index (χ0) is 22.0. The Morgan fingerprint density at radius 2 is 1.81 bits per heavy atom. The van der Waals surface area contributed by atoms with Gasteiger partial charge in [0.2, 0.25) is 12.3 Å². The summed E-state index contributed by atoms with van der Waals surface area (Å²) in [5.41, 5.74) is 5.88. The minimum atomic E-state index is -0.794. The van der Waals surface area contributed by atoms with Crippen LogP contribution < -0.4 is 10.7 Å². The molecule has 3 aromatic rings. The molecule has 2 atom stereocenters. The Labute approximate surface area is 190 Å². The highest BCUT2D eigenvalue weighted by atomic mass is 35.5. The van der Waals surface area contributed by atoms with Gasteiger partial charge in [-0.05, 0) is 37.3 Å². The summed E-state index contributed by atoms with van der Waals surface area (Å²) in [7, 11) is 0. The van der Waals surface area contributed by atoms with Gasteiger partial charge in [-0.25, -0.2) is 0 Å². The van der Waals surface area contributed by atoms with Crippen molar-refractivity contribution in [2.75, 3.05) is 0 Å². The van der Waals surface area contributed by atoms with Crippen molar-refractivity contribution in [1.29, 1.82) is 0 Å². The summed E-state index contributed by atoms with van der Waals surface area (Å²) in [4.78, 5) is 25.8. The van der Waals surface area contributed by atoms with E-state index >= 15 is 0 Å². The summed E-state index contributed by atoms with van der Waals surface area (Å²) in [6.45, 7) is 1.92. The number of benzene rings is 3. The first-order chi connectivity index (χ1) is 14.9. The molecule has 5 nitrogen and oxygen atoms in total. The fourth-order valence-electron chi connectivity index (χ4n) is 3.60. The second kappa shape index (κ2) is 8.92. The lowest BCUT2D eigenvalue weighted by atomic mass is 9.99. The SMILES string of the molecule is Cc1cccc(C(=O)N[C@@H]2C(=O)N/[N+](=C\c3ccc(Cl)cc3Cl)[C@@H]2c2ccccc2)c1. The summed E-state index contributed by atoms with van der Waals surface area (Å²) < 4.78 is 1.67. The highest BCUT2D eigenvalue weighted by Crippen LogP contribution is 2.26. The van der Waals surface area contributed by atoms with Crippen LogP contribution in [0, 0.1) is 6.92 Å². The number of aryl methyl sites for hydroxylation is 1. The Bertz CT molecular complexity index is 1180. The molecule has 1 aliphatic heterocycles. The Morgan fingerprint density at radius 1 is 1.03 bits per heavy atom. The van der Waals surface area contributed by atoms with Crippen molar-refractivity contribution in [3.8, 4) is 0 Å². The predicted octanol–water partition coefficient (Wildman–Crippen LogP) is 4.32. The molecule has 1 fully saturated rings. The maximum absolute atomic E-state index is 12.9. The highest BCUT2D eigenvalue weighted by molar-refractivity contribution is 6.36. The first-order valence-electron chi connectivity index (χ1n) is 9.73. The predicted molar refractivity (Wildman–Crippen MR) is 122 cm³/mol. The van der Waals surface area contributed by atoms with Gasteiger partial charge in [-0.1, -0.05) is 71.2 Å². The molecule has 7 heteroatoms. The van der Waals surface area contributed by atoms with Gasteiger partial charge >= 0.3 is 5.91 Å². The van der Waals surface area contributed by atoms with Crippen molar-refractivity contribution in [3.05, 3.63) is 105 Å². The van der Waals surface area contributed by atoms with E-state index in [0.29, 0.717) is 21.2 Å². The van der Waals surface area contributed by atoms with Gasteiger partial charge in [0.05, 0.1) is 10.6 Å². The number of rotatable bonds is 4. The number of amides is 2. The van der Waals surface area contributed by atoms with Gasteiger partial charge in [-0.2, -0.15) is 0 Å². The zero-order valence-electron chi connectivity index (χ0n) is 16.7. The summed E-state index contributed by atoms with van der Waals surface area (Å²) in [6.07, 6.45) is 1.74. The second-order valence-electron chi connectivity index (χ2n) is 7.35. The van der Waals surface area contributed by atoms with E-state index in [1.165, 1.54) is 0 Å². The van der Waals surface area contributed by atoms with Gasteiger partial charge in [-0.15, -0.1) is 10.1 Å². The number of hydrogen-bond donors (Lipinski definition) is 2. The molecular formula is C24H20Cl2N3O2+. The van der Waals surface area contributed by atoms with Gasteiger partial charge in [0.25, 0.3) is 5.91 Å². The number of carbonyl (C=O) groups is 2. The molecule has 0 bridgehead atoms. The van der Waals surface area contributed by atoms with E-state index in [4.69, 9.17) is 23.2 Å². The molecule has 1 aliphatic rings. The molecule has 4 rings (SSSR count). The molecular weight excluding hydrogens is 433 g/mol. The molecule has 2 amide bonds. The fraction of sp³-hybridized carbons (Fsp3) is 0.125. The lowest BCUT2D eigenvalue weighted by Crippen LogP contribution is -2.42. The molecule has 0 unspecified atom stereocenters. The molecule has 0 aromatic heterocycles. The summed E-state index contributed by atoms with van der Waals surface area (Å²) in [6, 6.07) is 20.7. The maximum Gasteiger partial charge on any atom is 0.304 e. The number of halogens is 2. The maximum atomic E-state index is 12.9. The molecule has 31 heavy (non-hydrogen) atoms. The van der Waals surface area contributed by atoms with Crippen molar-refractivity contribution < 1.29 is 14.3 Å². The minimum Gasteiger partial charge on any atom is -0.334 e. The van der Waals surface area contributed by atoms with Gasteiger partial charge in [-0.3, -0.25) is 9.59 Å². The summed E-state index contributed by atoms with van der Waals surface area (Å²) in [5.74, 6) is -0.618. The third-order valence-corrected chi connectivity index (χ3v) is 5.65. The second-order valence-corrected chi connectivity index (χ2v) is 8.20. The van der Waals surface area contributed by atoms with Crippen LogP contribution in [0.1, 0.15) is 33.1 Å². The molecule has 0 saturated carbocycles. The smallest absolute Gasteiger partial charge is 0.304 e. The monoisotopic (exact) mass is 452 g/mol. The number of hydrazine groups is 1. The summed E-state index contributed by atoms with van der Waals surface area (Å²) in [5, 5.41) is 3.88. The van der Waals surface area contributed by atoms with Gasteiger partial charge in [0.15, 0.2) is 6.04 Å². The van der Waals surface area contributed by atoms with Crippen LogP contribution >= 0.6 is 23.2 Å². The quantitative estimate of drug-likeness (QED) is 0.579. The van der Waals surface area contributed by atoms with Crippen LogP contribution in [0.2, 0.25) is 10.0 Å². The number of carbonyl (C=O) groups excluding carboxylic acids is 2. The van der Waals surface area contributed by atoms with Crippen LogP contribution in [0.5, 0.6) is 0 Å². The Hall–Kier alpha value is -3.15. The van der Waals surface area contributed by atoms with E-state index in [1.807, 2.05) is 49.4 Å². The topological polar surface area (TPSA) is 61.2 Å². The normalized spacial score (nSPS) is 19.3. The van der Waals surface area contributed by atoms with Crippen molar-refractivity contribution >= 4 is 41.2 Å². The van der Waals surface area contributed by atoms with E-state index in [9.17, 15) is 9.59 Å². The molecule has 1 saturated heterocycles. The average Bonchev–Trinajstić information content (AvgIpc) is 3.05. The molecule has 2 N–H and O–H groups in total. The van der Waals surface area contributed by atoms with Crippen molar-refractivity contribution in [2.24, 2.45) is 0 Å². The molecule has 156 valence electrons. The number of nitrogens with zero attached hydrogens (tertiary/aromatic N) is 1. The van der Waals surface area contributed by atoms with Crippen molar-refractivity contribution in [1.82, 2.24) is 10.7 Å². The molecule has 0 aliphatic carbocycles. The Morgan fingerprint density at radius 3 is 2.52 bits per heavy atom. The minimum absolute atomic E-state index is 0.309. The van der Waals surface area contributed by atoms with Crippen LogP contribution in [0.25, 0.3) is 0 Å². The molecule has 1 heterocycles. The summed E-state index contributed by atoms with van der Waals surface area (Å²) >= 11 is 12.3. The number of nitrogens with one attached hydrogen (secondary N) is 2. The Balaban J connectivity index is 1.71. The van der Waals surface area contributed by atoms with Gasteiger partial charge in [0, 0.05) is 16.1 Å². The molecule has 0 spiro atoms. The van der Waals surface area contributed by atoms with Crippen LogP contribution in [-0.4, -0.2) is 28.8 Å². The van der Waals surface area contributed by atoms with E-state index in [2.05, 4.69) is 10.7 Å². The van der Waals surface area contributed by atoms with Crippen LogP contribution in [-0.2, 0) is 4.79 Å². The first kappa shape index (κ1) is 21.1.